The maximum Gasteiger partial charge on any atom is 0.330 e. The highest BCUT2D eigenvalue weighted by molar-refractivity contribution is 5.84. The van der Waals surface area contributed by atoms with Crippen LogP contribution in [0, 0.1) is 6.92 Å². The van der Waals surface area contributed by atoms with Gasteiger partial charge in [-0.1, -0.05) is 0 Å². The van der Waals surface area contributed by atoms with E-state index in [1.165, 1.54) is 25.8 Å². The number of hydrogen-bond acceptors (Lipinski definition) is 6. The number of nitrogens with zero attached hydrogens (tertiary/aromatic N) is 2. The molecule has 22 heavy (non-hydrogen) atoms. The third-order valence-corrected chi connectivity index (χ3v) is 3.52. The molecule has 8 heteroatoms. The molecule has 8 nitrogen and oxygen atoms in total. The van der Waals surface area contributed by atoms with Gasteiger partial charge in [-0.3, -0.25) is 19.0 Å². The number of rotatable bonds is 5. The first kappa shape index (κ1) is 17.7. The highest BCUT2D eigenvalue weighted by Gasteiger charge is 2.31. The molecule has 0 fully saturated rings. The fourth-order valence-electron chi connectivity index (χ4n) is 2.17. The normalized spacial score (nSPS) is 11.9. The van der Waals surface area contributed by atoms with Gasteiger partial charge >= 0.3 is 17.6 Å². The van der Waals surface area contributed by atoms with E-state index >= 15 is 0 Å². The van der Waals surface area contributed by atoms with Crippen LogP contribution in [0.5, 0.6) is 0 Å². The average molecular weight is 312 g/mol. The van der Waals surface area contributed by atoms with Crippen LogP contribution in [0.2, 0.25) is 0 Å². The van der Waals surface area contributed by atoms with E-state index < -0.39 is 29.1 Å². The summed E-state index contributed by atoms with van der Waals surface area (Å²) in [5, 5.41) is 0. The number of carbonyl (C=O) groups is 2. The van der Waals surface area contributed by atoms with Crippen molar-refractivity contribution in [3.8, 4) is 0 Å². The van der Waals surface area contributed by atoms with Gasteiger partial charge in [0.05, 0.1) is 31.6 Å². The largest absolute Gasteiger partial charge is 0.469 e. The number of ether oxygens (including phenoxy) is 2. The Hall–Kier alpha value is -2.38. The average Bonchev–Trinajstić information content (AvgIpc) is 2.50. The maximum absolute atomic E-state index is 12.4. The van der Waals surface area contributed by atoms with Gasteiger partial charge in [0.25, 0.3) is 5.56 Å². The molecule has 0 aliphatic carbocycles. The SMILES string of the molecule is CCOC(=O)[C@H](CC(=O)OC)c1c(C)n(C)c(=O)n(C)c1=O. The number of esters is 2. The zero-order valence-electron chi connectivity index (χ0n) is 13.3. The first-order valence-corrected chi connectivity index (χ1v) is 6.76. The molecule has 0 N–H and O–H groups in total. The van der Waals surface area contributed by atoms with E-state index in [0.717, 1.165) is 4.57 Å². The van der Waals surface area contributed by atoms with Crippen LogP contribution in [0.1, 0.15) is 30.5 Å². The third kappa shape index (κ3) is 3.26. The molecule has 1 aromatic rings. The van der Waals surface area contributed by atoms with Crippen LogP contribution >= 0.6 is 0 Å². The predicted molar refractivity (Wildman–Crippen MR) is 77.7 cm³/mol. The lowest BCUT2D eigenvalue weighted by Crippen LogP contribution is -2.42. The molecule has 122 valence electrons. The van der Waals surface area contributed by atoms with Gasteiger partial charge in [0.2, 0.25) is 0 Å². The number of hydrogen-bond donors (Lipinski definition) is 0. The molecule has 0 aromatic carbocycles. The van der Waals surface area contributed by atoms with Crippen molar-refractivity contribution in [2.75, 3.05) is 13.7 Å². The van der Waals surface area contributed by atoms with Crippen LogP contribution in [-0.2, 0) is 33.2 Å². The van der Waals surface area contributed by atoms with Crippen LogP contribution in [0.3, 0.4) is 0 Å². The topological polar surface area (TPSA) is 96.6 Å². The lowest BCUT2D eigenvalue weighted by atomic mass is 9.95. The number of aromatic nitrogens is 2. The Morgan fingerprint density at radius 1 is 1.18 bits per heavy atom. The summed E-state index contributed by atoms with van der Waals surface area (Å²) in [4.78, 5) is 47.9. The third-order valence-electron chi connectivity index (χ3n) is 3.52. The molecule has 0 aliphatic rings. The van der Waals surface area contributed by atoms with Crippen LogP contribution < -0.4 is 11.2 Å². The zero-order valence-corrected chi connectivity index (χ0v) is 13.3. The molecular weight excluding hydrogens is 292 g/mol. The van der Waals surface area contributed by atoms with Gasteiger partial charge in [-0.15, -0.1) is 0 Å². The molecule has 1 atom stereocenters. The summed E-state index contributed by atoms with van der Waals surface area (Å²) in [6.45, 7) is 3.28. The van der Waals surface area contributed by atoms with Crippen molar-refractivity contribution in [3.05, 3.63) is 32.1 Å². The quantitative estimate of drug-likeness (QED) is 0.687. The summed E-state index contributed by atoms with van der Waals surface area (Å²) in [5.41, 5.74) is -0.752. The first-order valence-electron chi connectivity index (χ1n) is 6.76. The van der Waals surface area contributed by atoms with E-state index in [1.807, 2.05) is 0 Å². The summed E-state index contributed by atoms with van der Waals surface area (Å²) in [7, 11) is 3.99. The molecule has 1 aromatic heterocycles. The van der Waals surface area contributed by atoms with E-state index in [9.17, 15) is 19.2 Å². The van der Waals surface area contributed by atoms with Crippen molar-refractivity contribution >= 4 is 11.9 Å². The van der Waals surface area contributed by atoms with Crippen LogP contribution in [0.25, 0.3) is 0 Å². The lowest BCUT2D eigenvalue weighted by molar-refractivity contribution is -0.150. The van der Waals surface area contributed by atoms with Gasteiger partial charge in [-0.05, 0) is 13.8 Å². The molecule has 0 aliphatic heterocycles. The first-order chi connectivity index (χ1) is 10.3. The van der Waals surface area contributed by atoms with Crippen LogP contribution in [0.15, 0.2) is 9.59 Å². The zero-order chi connectivity index (χ0) is 17.0. The van der Waals surface area contributed by atoms with Crippen molar-refractivity contribution in [1.29, 1.82) is 0 Å². The van der Waals surface area contributed by atoms with E-state index in [0.29, 0.717) is 5.69 Å². The van der Waals surface area contributed by atoms with Gasteiger partial charge in [-0.25, -0.2) is 4.79 Å². The van der Waals surface area contributed by atoms with Gasteiger partial charge in [0, 0.05) is 19.8 Å². The fraction of sp³-hybridized carbons (Fsp3) is 0.571. The fourth-order valence-corrected chi connectivity index (χ4v) is 2.17. The van der Waals surface area contributed by atoms with Crippen molar-refractivity contribution in [2.45, 2.75) is 26.2 Å². The smallest absolute Gasteiger partial charge is 0.330 e. The van der Waals surface area contributed by atoms with Crippen molar-refractivity contribution in [2.24, 2.45) is 14.1 Å². The molecule has 0 saturated carbocycles. The summed E-state index contributed by atoms with van der Waals surface area (Å²) in [6.07, 6.45) is -0.330. The molecule has 0 spiro atoms. The Balaban J connectivity index is 3.55. The van der Waals surface area contributed by atoms with Crippen LogP contribution in [0.4, 0.5) is 0 Å². The Labute approximate surface area is 127 Å². The molecule has 0 bridgehead atoms. The lowest BCUT2D eigenvalue weighted by Gasteiger charge is -2.18. The monoisotopic (exact) mass is 312 g/mol. The van der Waals surface area contributed by atoms with Gasteiger partial charge in [-0.2, -0.15) is 0 Å². The molecule has 0 unspecified atom stereocenters. The number of carbonyl (C=O) groups excluding carboxylic acids is 2. The summed E-state index contributed by atoms with van der Waals surface area (Å²) >= 11 is 0. The highest BCUT2D eigenvalue weighted by atomic mass is 16.5. The van der Waals surface area contributed by atoms with Gasteiger partial charge in [0.15, 0.2) is 0 Å². The molecule has 0 amide bonds. The minimum atomic E-state index is -1.11. The minimum Gasteiger partial charge on any atom is -0.469 e. The molecule has 1 rings (SSSR count). The maximum atomic E-state index is 12.4. The number of methoxy groups -OCH3 is 1. The Morgan fingerprint density at radius 3 is 2.27 bits per heavy atom. The molecule has 1 heterocycles. The molecule has 0 radical (unpaired) electrons. The minimum absolute atomic E-state index is 0.0634. The second-order valence-corrected chi connectivity index (χ2v) is 4.79. The summed E-state index contributed by atoms with van der Waals surface area (Å²) in [6, 6.07) is 0. The van der Waals surface area contributed by atoms with E-state index in [4.69, 9.17) is 4.74 Å². The van der Waals surface area contributed by atoms with E-state index in [1.54, 1.807) is 13.8 Å². The Bertz CT molecular complexity index is 701. The van der Waals surface area contributed by atoms with Crippen molar-refractivity contribution in [1.82, 2.24) is 9.13 Å². The molecular formula is C14H20N2O6. The summed E-state index contributed by atoms with van der Waals surface area (Å²) in [5.74, 6) is -2.46. The summed E-state index contributed by atoms with van der Waals surface area (Å²) < 4.78 is 11.7. The van der Waals surface area contributed by atoms with Crippen molar-refractivity contribution < 1.29 is 19.1 Å². The van der Waals surface area contributed by atoms with Crippen molar-refractivity contribution in [3.63, 3.8) is 0 Å². The van der Waals surface area contributed by atoms with Gasteiger partial charge < -0.3 is 14.0 Å². The van der Waals surface area contributed by atoms with E-state index in [-0.39, 0.29) is 18.6 Å². The van der Waals surface area contributed by atoms with Gasteiger partial charge in [0.1, 0.15) is 0 Å². The Kier molecular flexibility index (Phi) is 5.67. The second kappa shape index (κ2) is 7.06. The van der Waals surface area contributed by atoms with Crippen LogP contribution in [-0.4, -0.2) is 34.8 Å². The predicted octanol–water partition coefficient (Wildman–Crippen LogP) is -0.398. The second-order valence-electron chi connectivity index (χ2n) is 4.79. The highest BCUT2D eigenvalue weighted by Crippen LogP contribution is 2.21. The standard InChI is InChI=1S/C14H20N2O6/c1-6-22-13(19)9(7-10(17)21-5)11-8(2)15(3)14(20)16(4)12(11)18/h9H,6-7H2,1-5H3/t9-/m1/s1. The molecule has 0 saturated heterocycles. The Morgan fingerprint density at radius 2 is 1.77 bits per heavy atom. The van der Waals surface area contributed by atoms with E-state index in [2.05, 4.69) is 4.74 Å².